The van der Waals surface area contributed by atoms with Gasteiger partial charge in [0, 0.05) is 5.69 Å². The molecule has 7 heteroatoms. The highest BCUT2D eigenvalue weighted by atomic mass is 19.1. The van der Waals surface area contributed by atoms with E-state index in [2.05, 4.69) is 0 Å². The molecule has 0 saturated carbocycles. The normalized spacial score (nSPS) is 15.3. The van der Waals surface area contributed by atoms with Gasteiger partial charge in [-0.05, 0) is 55.0 Å². The standard InChI is InChI=1S/C25H18FNO5/c1-13-3-7-16(8-4-13)27-22(14-5-9-18(28)20(11-14)31-2)21-23(29)17-12-15(26)6-10-19(17)32-24(21)25(27)30/h3-12,22,28H,1-2H3. The maximum absolute atomic E-state index is 13.9. The fraction of sp³-hybridized carbons (Fsp3) is 0.120. The fourth-order valence-electron chi connectivity index (χ4n) is 4.10. The van der Waals surface area contributed by atoms with Gasteiger partial charge in [-0.3, -0.25) is 14.5 Å². The van der Waals surface area contributed by atoms with Crippen LogP contribution < -0.4 is 15.1 Å². The molecule has 1 N–H and O–H groups in total. The van der Waals surface area contributed by atoms with Crippen LogP contribution in [0.15, 0.2) is 69.9 Å². The van der Waals surface area contributed by atoms with Gasteiger partial charge in [-0.25, -0.2) is 4.39 Å². The number of aryl methyl sites for hydroxylation is 1. The van der Waals surface area contributed by atoms with Crippen LogP contribution in [0, 0.1) is 12.7 Å². The Hall–Kier alpha value is -4.13. The van der Waals surface area contributed by atoms with E-state index >= 15 is 0 Å². The second-order valence-electron chi connectivity index (χ2n) is 7.66. The maximum Gasteiger partial charge on any atom is 0.295 e. The molecule has 1 aliphatic heterocycles. The van der Waals surface area contributed by atoms with Gasteiger partial charge in [0.25, 0.3) is 5.91 Å². The minimum atomic E-state index is -0.848. The predicted molar refractivity (Wildman–Crippen MR) is 117 cm³/mol. The fourth-order valence-corrected chi connectivity index (χ4v) is 4.10. The van der Waals surface area contributed by atoms with E-state index in [-0.39, 0.29) is 33.8 Å². The number of aromatic hydroxyl groups is 1. The molecule has 1 aromatic heterocycles. The lowest BCUT2D eigenvalue weighted by Gasteiger charge is -2.25. The van der Waals surface area contributed by atoms with Gasteiger partial charge < -0.3 is 14.3 Å². The number of fused-ring (bicyclic) bond motifs is 2. The summed E-state index contributed by atoms with van der Waals surface area (Å²) < 4.78 is 24.9. The van der Waals surface area contributed by atoms with E-state index in [1.165, 1.54) is 30.2 Å². The molecule has 2 heterocycles. The lowest BCUT2D eigenvalue weighted by Crippen LogP contribution is -2.29. The number of anilines is 1. The highest BCUT2D eigenvalue weighted by Crippen LogP contribution is 2.43. The highest BCUT2D eigenvalue weighted by Gasteiger charge is 2.43. The van der Waals surface area contributed by atoms with E-state index in [1.807, 2.05) is 19.1 Å². The summed E-state index contributed by atoms with van der Waals surface area (Å²) in [5.74, 6) is -1.03. The Kier molecular flexibility index (Phi) is 4.48. The Balaban J connectivity index is 1.82. The van der Waals surface area contributed by atoms with Gasteiger partial charge >= 0.3 is 0 Å². The third kappa shape index (κ3) is 2.93. The van der Waals surface area contributed by atoms with E-state index in [4.69, 9.17) is 9.15 Å². The number of rotatable bonds is 3. The van der Waals surface area contributed by atoms with Crippen molar-refractivity contribution in [3.05, 3.63) is 99.2 Å². The van der Waals surface area contributed by atoms with Gasteiger partial charge in [0.2, 0.25) is 5.76 Å². The third-order valence-corrected chi connectivity index (χ3v) is 5.66. The summed E-state index contributed by atoms with van der Waals surface area (Å²) in [6.07, 6.45) is 0. The predicted octanol–water partition coefficient (Wildman–Crippen LogP) is 4.70. The van der Waals surface area contributed by atoms with Crippen molar-refractivity contribution in [1.29, 1.82) is 0 Å². The SMILES string of the molecule is COc1cc(C2c3c(oc4ccc(F)cc4c3=O)C(=O)N2c2ccc(C)cc2)ccc1O. The van der Waals surface area contributed by atoms with Gasteiger partial charge in [-0.2, -0.15) is 0 Å². The van der Waals surface area contributed by atoms with Crippen molar-refractivity contribution in [3.8, 4) is 11.5 Å². The number of nitrogens with zero attached hydrogens (tertiary/aromatic N) is 1. The molecular weight excluding hydrogens is 413 g/mol. The van der Waals surface area contributed by atoms with E-state index in [0.29, 0.717) is 11.3 Å². The number of phenols is 1. The van der Waals surface area contributed by atoms with Crippen LogP contribution in [-0.2, 0) is 0 Å². The molecule has 3 aromatic carbocycles. The van der Waals surface area contributed by atoms with Crippen LogP contribution in [0.2, 0.25) is 0 Å². The van der Waals surface area contributed by atoms with E-state index in [0.717, 1.165) is 11.6 Å². The lowest BCUT2D eigenvalue weighted by molar-refractivity contribution is 0.0971. The van der Waals surface area contributed by atoms with Crippen LogP contribution in [0.5, 0.6) is 11.5 Å². The number of phenolic OH excluding ortho intramolecular Hbond substituents is 1. The van der Waals surface area contributed by atoms with Crippen molar-refractivity contribution in [1.82, 2.24) is 0 Å². The molecule has 0 fully saturated rings. The number of benzene rings is 3. The van der Waals surface area contributed by atoms with Crippen LogP contribution in [0.1, 0.15) is 33.3 Å². The molecule has 4 aromatic rings. The molecule has 1 aliphatic rings. The highest BCUT2D eigenvalue weighted by molar-refractivity contribution is 6.10. The Morgan fingerprint density at radius 3 is 2.50 bits per heavy atom. The zero-order chi connectivity index (χ0) is 22.6. The summed E-state index contributed by atoms with van der Waals surface area (Å²) >= 11 is 0. The zero-order valence-corrected chi connectivity index (χ0v) is 17.3. The van der Waals surface area contributed by atoms with Crippen LogP contribution in [0.3, 0.4) is 0 Å². The molecule has 1 atom stereocenters. The first-order chi connectivity index (χ1) is 15.4. The number of hydrogen-bond donors (Lipinski definition) is 1. The number of amides is 1. The molecule has 5 rings (SSSR count). The summed E-state index contributed by atoms with van der Waals surface area (Å²) in [7, 11) is 1.41. The number of carbonyl (C=O) groups is 1. The van der Waals surface area contributed by atoms with E-state index in [1.54, 1.807) is 24.3 Å². The molecule has 0 spiro atoms. The minimum absolute atomic E-state index is 0.0537. The van der Waals surface area contributed by atoms with Crippen LogP contribution >= 0.6 is 0 Å². The Morgan fingerprint density at radius 2 is 1.78 bits per heavy atom. The molecule has 6 nitrogen and oxygen atoms in total. The first-order valence-electron chi connectivity index (χ1n) is 9.92. The smallest absolute Gasteiger partial charge is 0.295 e. The monoisotopic (exact) mass is 431 g/mol. The van der Waals surface area contributed by atoms with Gasteiger partial charge in [-0.1, -0.05) is 23.8 Å². The second-order valence-corrected chi connectivity index (χ2v) is 7.66. The molecule has 160 valence electrons. The Bertz CT molecular complexity index is 1440. The molecule has 0 bridgehead atoms. The summed E-state index contributed by atoms with van der Waals surface area (Å²) in [5.41, 5.74) is 1.88. The minimum Gasteiger partial charge on any atom is -0.504 e. The van der Waals surface area contributed by atoms with Gasteiger partial charge in [0.05, 0.1) is 24.1 Å². The molecule has 0 saturated heterocycles. The maximum atomic E-state index is 13.9. The average molecular weight is 431 g/mol. The first kappa shape index (κ1) is 19.8. The molecular formula is C25H18FNO5. The van der Waals surface area contributed by atoms with Gasteiger partial charge in [-0.15, -0.1) is 0 Å². The largest absolute Gasteiger partial charge is 0.504 e. The third-order valence-electron chi connectivity index (χ3n) is 5.66. The summed E-state index contributed by atoms with van der Waals surface area (Å²) in [5, 5.41) is 10.1. The lowest BCUT2D eigenvalue weighted by atomic mass is 9.97. The number of methoxy groups -OCH3 is 1. The van der Waals surface area contributed by atoms with Gasteiger partial charge in [0.15, 0.2) is 16.9 Å². The molecule has 32 heavy (non-hydrogen) atoms. The van der Waals surface area contributed by atoms with Crippen molar-refractivity contribution in [3.63, 3.8) is 0 Å². The number of ether oxygens (including phenoxy) is 1. The zero-order valence-electron chi connectivity index (χ0n) is 17.3. The molecule has 0 radical (unpaired) electrons. The van der Waals surface area contributed by atoms with Crippen molar-refractivity contribution in [2.75, 3.05) is 12.0 Å². The molecule has 0 aliphatic carbocycles. The quantitative estimate of drug-likeness (QED) is 0.508. The number of carbonyl (C=O) groups excluding carboxylic acids is 1. The van der Waals surface area contributed by atoms with Crippen LogP contribution in [-0.4, -0.2) is 18.1 Å². The topological polar surface area (TPSA) is 80.0 Å². The van der Waals surface area contributed by atoms with E-state index < -0.39 is 23.2 Å². The van der Waals surface area contributed by atoms with Gasteiger partial charge in [0.1, 0.15) is 11.4 Å². The average Bonchev–Trinajstić information content (AvgIpc) is 3.08. The summed E-state index contributed by atoms with van der Waals surface area (Å²) in [6, 6.07) is 14.7. The summed E-state index contributed by atoms with van der Waals surface area (Å²) in [6.45, 7) is 1.93. The Labute approximate surface area is 182 Å². The summed E-state index contributed by atoms with van der Waals surface area (Å²) in [4.78, 5) is 28.4. The molecule has 1 unspecified atom stereocenters. The Morgan fingerprint density at radius 1 is 1.03 bits per heavy atom. The molecule has 1 amide bonds. The van der Waals surface area contributed by atoms with Crippen molar-refractivity contribution in [2.45, 2.75) is 13.0 Å². The van der Waals surface area contributed by atoms with Crippen molar-refractivity contribution < 1.29 is 23.4 Å². The van der Waals surface area contributed by atoms with Crippen LogP contribution in [0.25, 0.3) is 11.0 Å². The first-order valence-corrected chi connectivity index (χ1v) is 9.92. The van der Waals surface area contributed by atoms with Crippen LogP contribution in [0.4, 0.5) is 10.1 Å². The number of hydrogen-bond acceptors (Lipinski definition) is 5. The van der Waals surface area contributed by atoms with Crippen molar-refractivity contribution in [2.24, 2.45) is 0 Å². The van der Waals surface area contributed by atoms with E-state index in [9.17, 15) is 19.1 Å². The second kappa shape index (κ2) is 7.23. The van der Waals surface area contributed by atoms with Crippen molar-refractivity contribution >= 4 is 22.6 Å². The number of halogens is 1.